The molecule has 0 aromatic carbocycles. The zero-order valence-electron chi connectivity index (χ0n) is 11.0. The molecule has 104 valence electrons. The van der Waals surface area contributed by atoms with E-state index in [2.05, 4.69) is 25.5 Å². The van der Waals surface area contributed by atoms with Crippen molar-refractivity contribution in [2.75, 3.05) is 33.3 Å². The average Bonchev–Trinajstić information content (AvgIpc) is 2.44. The lowest BCUT2D eigenvalue weighted by molar-refractivity contribution is -0.0167. The van der Waals surface area contributed by atoms with Crippen molar-refractivity contribution in [3.05, 3.63) is 24.3 Å². The topological polar surface area (TPSA) is 79.4 Å². The summed E-state index contributed by atoms with van der Waals surface area (Å²) in [6.45, 7) is 3.37. The van der Waals surface area contributed by atoms with Crippen LogP contribution in [0.2, 0.25) is 0 Å². The summed E-state index contributed by atoms with van der Waals surface area (Å²) in [5.41, 5.74) is 0.728. The minimum Gasteiger partial charge on any atom is -0.374 e. The highest BCUT2D eigenvalue weighted by Gasteiger charge is 2.17. The molecule has 2 rings (SSSR count). The number of rotatable bonds is 4. The molecule has 0 spiro atoms. The first-order valence-corrected chi connectivity index (χ1v) is 6.31. The van der Waals surface area contributed by atoms with Gasteiger partial charge in [0, 0.05) is 32.0 Å². The number of carbonyl (C=O) groups excluding carboxylic acids is 1. The fourth-order valence-corrected chi connectivity index (χ4v) is 1.85. The number of amides is 2. The Hall–Kier alpha value is -1.73. The van der Waals surface area contributed by atoms with Gasteiger partial charge in [-0.15, -0.1) is 0 Å². The van der Waals surface area contributed by atoms with E-state index in [9.17, 15) is 4.79 Å². The van der Waals surface area contributed by atoms with E-state index in [1.807, 2.05) is 7.05 Å². The molecule has 2 N–H and O–H groups in total. The first kappa shape index (κ1) is 13.7. The zero-order chi connectivity index (χ0) is 13.5. The van der Waals surface area contributed by atoms with Crippen molar-refractivity contribution in [3.8, 4) is 0 Å². The van der Waals surface area contributed by atoms with Crippen molar-refractivity contribution < 1.29 is 9.53 Å². The summed E-state index contributed by atoms with van der Waals surface area (Å²) >= 11 is 0. The van der Waals surface area contributed by atoms with Crippen LogP contribution < -0.4 is 10.6 Å². The maximum Gasteiger partial charge on any atom is 0.315 e. The Morgan fingerprint density at radius 3 is 3.16 bits per heavy atom. The molecule has 0 aliphatic carbocycles. The molecule has 7 heteroatoms. The molecular formula is C12H19N5O2. The van der Waals surface area contributed by atoms with Crippen molar-refractivity contribution >= 4 is 6.03 Å². The smallest absolute Gasteiger partial charge is 0.315 e. The van der Waals surface area contributed by atoms with Crippen LogP contribution in [0, 0.1) is 0 Å². The number of aromatic nitrogens is 2. The summed E-state index contributed by atoms with van der Waals surface area (Å²) < 4.78 is 5.56. The fourth-order valence-electron chi connectivity index (χ4n) is 1.85. The van der Waals surface area contributed by atoms with Gasteiger partial charge in [-0.1, -0.05) is 0 Å². The van der Waals surface area contributed by atoms with Crippen LogP contribution in [-0.2, 0) is 11.3 Å². The van der Waals surface area contributed by atoms with Crippen LogP contribution in [0.25, 0.3) is 0 Å². The van der Waals surface area contributed by atoms with Crippen molar-refractivity contribution in [2.24, 2.45) is 0 Å². The van der Waals surface area contributed by atoms with Gasteiger partial charge in [0.05, 0.1) is 31.1 Å². The third-order valence-corrected chi connectivity index (χ3v) is 2.88. The normalized spacial score (nSPS) is 19.9. The molecule has 1 aliphatic heterocycles. The molecule has 7 nitrogen and oxygen atoms in total. The molecule has 0 bridgehead atoms. The SMILES string of the molecule is CN1CCOC(CNC(=O)NCc2cnccn2)C1. The van der Waals surface area contributed by atoms with Crippen LogP contribution in [0.5, 0.6) is 0 Å². The lowest BCUT2D eigenvalue weighted by Crippen LogP contribution is -2.47. The Bertz CT molecular complexity index is 400. The molecule has 1 aromatic heterocycles. The molecule has 1 aliphatic rings. The number of morpholine rings is 1. The molecule has 1 fully saturated rings. The van der Waals surface area contributed by atoms with Gasteiger partial charge in [-0.25, -0.2) is 4.79 Å². The molecule has 0 radical (unpaired) electrons. The second-order valence-electron chi connectivity index (χ2n) is 4.52. The predicted octanol–water partition coefficient (Wildman–Crippen LogP) is -0.394. The minimum atomic E-state index is -0.220. The lowest BCUT2D eigenvalue weighted by atomic mass is 10.3. The Morgan fingerprint density at radius 2 is 2.42 bits per heavy atom. The summed E-state index contributed by atoms with van der Waals surface area (Å²) in [5, 5.41) is 5.52. The van der Waals surface area contributed by atoms with Gasteiger partial charge < -0.3 is 20.3 Å². The predicted molar refractivity (Wildman–Crippen MR) is 69.5 cm³/mol. The maximum atomic E-state index is 11.6. The van der Waals surface area contributed by atoms with Crippen molar-refractivity contribution in [1.82, 2.24) is 25.5 Å². The van der Waals surface area contributed by atoms with E-state index >= 15 is 0 Å². The number of likely N-dealkylation sites (N-methyl/N-ethyl adjacent to an activating group) is 1. The number of hydrogen-bond donors (Lipinski definition) is 2. The van der Waals surface area contributed by atoms with E-state index in [-0.39, 0.29) is 12.1 Å². The number of carbonyl (C=O) groups is 1. The quantitative estimate of drug-likeness (QED) is 0.775. The number of urea groups is 1. The zero-order valence-corrected chi connectivity index (χ0v) is 11.0. The second kappa shape index (κ2) is 7.01. The molecule has 1 unspecified atom stereocenters. The van der Waals surface area contributed by atoms with E-state index < -0.39 is 0 Å². The second-order valence-corrected chi connectivity index (χ2v) is 4.52. The van der Waals surface area contributed by atoms with Gasteiger partial charge in [-0.3, -0.25) is 9.97 Å². The molecule has 2 heterocycles. The molecule has 1 atom stereocenters. The summed E-state index contributed by atoms with van der Waals surface area (Å²) in [6, 6.07) is -0.220. The molecule has 1 aromatic rings. The highest BCUT2D eigenvalue weighted by molar-refractivity contribution is 5.73. The largest absolute Gasteiger partial charge is 0.374 e. The summed E-state index contributed by atoms with van der Waals surface area (Å²) in [4.78, 5) is 21.8. The summed E-state index contributed by atoms with van der Waals surface area (Å²) in [7, 11) is 2.05. The fraction of sp³-hybridized carbons (Fsp3) is 0.583. The van der Waals surface area contributed by atoms with E-state index in [0.717, 1.165) is 18.8 Å². The Kier molecular flexibility index (Phi) is 5.05. The van der Waals surface area contributed by atoms with Gasteiger partial charge in [0.15, 0.2) is 0 Å². The van der Waals surface area contributed by atoms with Gasteiger partial charge in [-0.2, -0.15) is 0 Å². The lowest BCUT2D eigenvalue weighted by Gasteiger charge is -2.30. The van der Waals surface area contributed by atoms with Crippen LogP contribution in [0.3, 0.4) is 0 Å². The van der Waals surface area contributed by atoms with E-state index in [1.165, 1.54) is 0 Å². The Balaban J connectivity index is 1.64. The van der Waals surface area contributed by atoms with Crippen LogP contribution >= 0.6 is 0 Å². The van der Waals surface area contributed by atoms with Crippen LogP contribution in [0.4, 0.5) is 4.79 Å². The Labute approximate surface area is 112 Å². The number of ether oxygens (including phenoxy) is 1. The van der Waals surface area contributed by atoms with Crippen LogP contribution in [0.1, 0.15) is 5.69 Å². The average molecular weight is 265 g/mol. The first-order chi connectivity index (χ1) is 9.24. The van der Waals surface area contributed by atoms with Gasteiger partial charge in [0.1, 0.15) is 0 Å². The first-order valence-electron chi connectivity index (χ1n) is 6.31. The van der Waals surface area contributed by atoms with Gasteiger partial charge >= 0.3 is 6.03 Å². The van der Waals surface area contributed by atoms with Crippen molar-refractivity contribution in [1.29, 1.82) is 0 Å². The van der Waals surface area contributed by atoms with Crippen molar-refractivity contribution in [2.45, 2.75) is 12.6 Å². The van der Waals surface area contributed by atoms with Gasteiger partial charge in [-0.05, 0) is 7.05 Å². The maximum absolute atomic E-state index is 11.6. The van der Waals surface area contributed by atoms with E-state index in [0.29, 0.717) is 19.7 Å². The van der Waals surface area contributed by atoms with Gasteiger partial charge in [0.25, 0.3) is 0 Å². The highest BCUT2D eigenvalue weighted by Crippen LogP contribution is 2.01. The van der Waals surface area contributed by atoms with Crippen molar-refractivity contribution in [3.63, 3.8) is 0 Å². The molecular weight excluding hydrogens is 246 g/mol. The number of nitrogens with one attached hydrogen (secondary N) is 2. The molecule has 2 amide bonds. The third kappa shape index (κ3) is 4.80. The number of hydrogen-bond acceptors (Lipinski definition) is 5. The monoisotopic (exact) mass is 265 g/mol. The Morgan fingerprint density at radius 1 is 1.53 bits per heavy atom. The molecule has 0 saturated carbocycles. The standard InChI is InChI=1S/C12H19N5O2/c1-17-4-5-19-11(9-17)8-16-12(18)15-7-10-6-13-2-3-14-10/h2-3,6,11H,4-5,7-9H2,1H3,(H2,15,16,18). The third-order valence-electron chi connectivity index (χ3n) is 2.88. The molecule has 19 heavy (non-hydrogen) atoms. The highest BCUT2D eigenvalue weighted by atomic mass is 16.5. The van der Waals surface area contributed by atoms with Crippen LogP contribution in [0.15, 0.2) is 18.6 Å². The van der Waals surface area contributed by atoms with E-state index in [4.69, 9.17) is 4.74 Å². The van der Waals surface area contributed by atoms with Gasteiger partial charge in [0.2, 0.25) is 0 Å². The van der Waals surface area contributed by atoms with Crippen LogP contribution in [-0.4, -0.2) is 60.3 Å². The minimum absolute atomic E-state index is 0.0565. The molecule has 1 saturated heterocycles. The summed E-state index contributed by atoms with van der Waals surface area (Å²) in [6.07, 6.45) is 4.88. The number of nitrogens with zero attached hydrogens (tertiary/aromatic N) is 3. The summed E-state index contributed by atoms with van der Waals surface area (Å²) in [5.74, 6) is 0. The van der Waals surface area contributed by atoms with E-state index in [1.54, 1.807) is 18.6 Å².